The number of carbonyl (C=O) groups excluding carboxylic acids is 1. The number of carbonyl (C=O) groups is 1. The molecule has 1 aromatic rings. The van der Waals surface area contributed by atoms with Crippen LogP contribution in [0.5, 0.6) is 0 Å². The number of halogens is 1. The van der Waals surface area contributed by atoms with Gasteiger partial charge in [0.05, 0.1) is 0 Å². The highest BCUT2D eigenvalue weighted by Crippen LogP contribution is 2.51. The van der Waals surface area contributed by atoms with Gasteiger partial charge in [0, 0.05) is 26.1 Å². The lowest BCUT2D eigenvalue weighted by atomic mass is 10.2. The van der Waals surface area contributed by atoms with Crippen molar-refractivity contribution in [1.29, 1.82) is 0 Å². The molecule has 0 aliphatic heterocycles. The summed E-state index contributed by atoms with van der Waals surface area (Å²) in [5.74, 6) is 1.17. The van der Waals surface area contributed by atoms with E-state index in [0.29, 0.717) is 17.6 Å². The average Bonchev–Trinajstić information content (AvgIpc) is 2.76. The summed E-state index contributed by atoms with van der Waals surface area (Å²) in [7, 11) is 0. The Bertz CT molecular complexity index is 336. The molecule has 1 nitrogen and oxygen atoms in total. The van der Waals surface area contributed by atoms with Crippen molar-refractivity contribution >= 4 is 33.0 Å². The summed E-state index contributed by atoms with van der Waals surface area (Å²) in [6.07, 6.45) is 1.06. The summed E-state index contributed by atoms with van der Waals surface area (Å²) in [4.78, 5) is 13.7. The van der Waals surface area contributed by atoms with Gasteiger partial charge in [0.1, 0.15) is 5.78 Å². The summed E-state index contributed by atoms with van der Waals surface area (Å²) >= 11 is 5.30. The van der Waals surface area contributed by atoms with Crippen LogP contribution in [-0.4, -0.2) is 5.78 Å². The summed E-state index contributed by atoms with van der Waals surface area (Å²) in [5.41, 5.74) is 0. The number of Topliss-reactive ketones (excluding diaryl/α,β-unsaturated/α-hetero) is 1. The Kier molecular flexibility index (Phi) is 2.32. The first kappa shape index (κ1) is 9.41. The zero-order valence-electron chi connectivity index (χ0n) is 7.63. The fraction of sp³-hybridized carbons (Fsp3) is 0.500. The molecule has 0 aromatic carbocycles. The molecule has 1 heterocycles. The van der Waals surface area contributed by atoms with Gasteiger partial charge >= 0.3 is 0 Å². The second-order valence-corrected chi connectivity index (χ2v) is 5.75. The Morgan fingerprint density at radius 2 is 2.38 bits per heavy atom. The van der Waals surface area contributed by atoms with Crippen LogP contribution < -0.4 is 0 Å². The second-order valence-electron chi connectivity index (χ2n) is 3.61. The van der Waals surface area contributed by atoms with Crippen LogP contribution in [0.25, 0.3) is 0 Å². The van der Waals surface area contributed by atoms with E-state index in [-0.39, 0.29) is 0 Å². The first-order chi connectivity index (χ1) is 6.09. The predicted molar refractivity (Wildman–Crippen MR) is 58.3 cm³/mol. The number of hydrogen-bond acceptors (Lipinski definition) is 2. The number of ketones is 1. The molecule has 1 aliphatic carbocycles. The lowest BCUT2D eigenvalue weighted by molar-refractivity contribution is -0.118. The molecule has 1 aromatic heterocycles. The van der Waals surface area contributed by atoms with Crippen molar-refractivity contribution in [1.82, 2.24) is 0 Å². The number of hydrogen-bond donors (Lipinski definition) is 0. The summed E-state index contributed by atoms with van der Waals surface area (Å²) < 4.78 is 1.18. The van der Waals surface area contributed by atoms with Crippen LogP contribution in [0.3, 0.4) is 0 Å². The quantitative estimate of drug-likeness (QED) is 0.794. The predicted octanol–water partition coefficient (Wildman–Crippen LogP) is 3.51. The van der Waals surface area contributed by atoms with Crippen molar-refractivity contribution in [3.05, 3.63) is 20.3 Å². The second kappa shape index (κ2) is 3.21. The minimum Gasteiger partial charge on any atom is -0.300 e. The standard InChI is InChI=1S/C10H11BrOS/c1-5(12)7-3-8(7)10-4-9(11)6(2)13-10/h4,7-8H,3H2,1-2H3. The fourth-order valence-electron chi connectivity index (χ4n) is 1.62. The largest absolute Gasteiger partial charge is 0.300 e. The normalized spacial score (nSPS) is 26.1. The van der Waals surface area contributed by atoms with Crippen molar-refractivity contribution in [2.75, 3.05) is 0 Å². The molecule has 0 saturated heterocycles. The maximum atomic E-state index is 11.1. The van der Waals surface area contributed by atoms with Gasteiger partial charge in [0.25, 0.3) is 0 Å². The molecule has 1 saturated carbocycles. The van der Waals surface area contributed by atoms with E-state index in [2.05, 4.69) is 28.9 Å². The third-order valence-electron chi connectivity index (χ3n) is 2.55. The minimum atomic E-state index is 0.310. The maximum Gasteiger partial charge on any atom is 0.133 e. The molecule has 0 bridgehead atoms. The van der Waals surface area contributed by atoms with Gasteiger partial charge in [-0.3, -0.25) is 4.79 Å². The van der Waals surface area contributed by atoms with Crippen molar-refractivity contribution < 1.29 is 4.79 Å². The molecule has 3 heteroatoms. The summed E-state index contributed by atoms with van der Waals surface area (Å²) in [5, 5.41) is 0. The lowest BCUT2D eigenvalue weighted by Gasteiger charge is -1.90. The van der Waals surface area contributed by atoms with E-state index in [1.54, 1.807) is 6.92 Å². The SMILES string of the molecule is CC(=O)C1CC1c1cc(Br)c(C)s1. The van der Waals surface area contributed by atoms with Gasteiger partial charge in [0.2, 0.25) is 0 Å². The molecule has 0 radical (unpaired) electrons. The van der Waals surface area contributed by atoms with Crippen LogP contribution in [0.1, 0.15) is 29.0 Å². The van der Waals surface area contributed by atoms with Crippen LogP contribution in [0.4, 0.5) is 0 Å². The lowest BCUT2D eigenvalue weighted by Crippen LogP contribution is -1.93. The molecule has 2 unspecified atom stereocenters. The molecule has 13 heavy (non-hydrogen) atoms. The third-order valence-corrected chi connectivity index (χ3v) is 4.82. The van der Waals surface area contributed by atoms with Gasteiger partial charge in [-0.05, 0) is 42.3 Å². The van der Waals surface area contributed by atoms with Crippen LogP contribution in [0, 0.1) is 12.8 Å². The topological polar surface area (TPSA) is 17.1 Å². The van der Waals surface area contributed by atoms with Gasteiger partial charge in [-0.15, -0.1) is 11.3 Å². The Morgan fingerprint density at radius 1 is 1.69 bits per heavy atom. The smallest absolute Gasteiger partial charge is 0.133 e. The van der Waals surface area contributed by atoms with Gasteiger partial charge in [0.15, 0.2) is 0 Å². The third kappa shape index (κ3) is 1.72. The molecule has 2 rings (SSSR count). The van der Waals surface area contributed by atoms with Gasteiger partial charge in [-0.2, -0.15) is 0 Å². The van der Waals surface area contributed by atoms with E-state index >= 15 is 0 Å². The molecule has 1 fully saturated rings. The molecule has 2 atom stereocenters. The molecule has 0 N–H and O–H groups in total. The monoisotopic (exact) mass is 258 g/mol. The van der Waals surface area contributed by atoms with E-state index in [4.69, 9.17) is 0 Å². The first-order valence-corrected chi connectivity index (χ1v) is 5.97. The van der Waals surface area contributed by atoms with Gasteiger partial charge in [-0.25, -0.2) is 0 Å². The molecular formula is C10H11BrOS. The highest BCUT2D eigenvalue weighted by atomic mass is 79.9. The molecule has 1 aliphatic rings. The highest BCUT2D eigenvalue weighted by molar-refractivity contribution is 9.10. The van der Waals surface area contributed by atoms with Crippen LogP contribution in [-0.2, 0) is 4.79 Å². The number of thiophene rings is 1. The van der Waals surface area contributed by atoms with Crippen molar-refractivity contribution in [3.8, 4) is 0 Å². The first-order valence-electron chi connectivity index (χ1n) is 4.36. The van der Waals surface area contributed by atoms with Gasteiger partial charge in [-0.1, -0.05) is 0 Å². The van der Waals surface area contributed by atoms with Gasteiger partial charge < -0.3 is 0 Å². The summed E-state index contributed by atoms with van der Waals surface area (Å²) in [6.45, 7) is 3.80. The molecule has 0 amide bonds. The van der Waals surface area contributed by atoms with Crippen molar-refractivity contribution in [2.24, 2.45) is 5.92 Å². The Labute approximate surface area is 90.3 Å². The van der Waals surface area contributed by atoms with E-state index in [1.165, 1.54) is 14.2 Å². The maximum absolute atomic E-state index is 11.1. The van der Waals surface area contributed by atoms with E-state index in [9.17, 15) is 4.79 Å². The zero-order chi connectivity index (χ0) is 9.59. The van der Waals surface area contributed by atoms with Crippen molar-refractivity contribution in [3.63, 3.8) is 0 Å². The van der Waals surface area contributed by atoms with E-state index in [0.717, 1.165) is 6.42 Å². The zero-order valence-corrected chi connectivity index (χ0v) is 10.0. The highest BCUT2D eigenvalue weighted by Gasteiger charge is 2.42. The van der Waals surface area contributed by atoms with E-state index < -0.39 is 0 Å². The fourth-order valence-corrected chi connectivity index (χ4v) is 3.36. The van der Waals surface area contributed by atoms with E-state index in [1.807, 2.05) is 11.3 Å². The molecule has 0 spiro atoms. The van der Waals surface area contributed by atoms with Crippen LogP contribution in [0.2, 0.25) is 0 Å². The Hall–Kier alpha value is -0.150. The van der Waals surface area contributed by atoms with Crippen molar-refractivity contribution in [2.45, 2.75) is 26.2 Å². The summed E-state index contributed by atoms with van der Waals surface area (Å²) in [6, 6.07) is 2.16. The molecule has 70 valence electrons. The van der Waals surface area contributed by atoms with Crippen LogP contribution in [0.15, 0.2) is 10.5 Å². The Balaban J connectivity index is 2.16. The minimum absolute atomic E-state index is 0.310. The Morgan fingerprint density at radius 3 is 2.77 bits per heavy atom. The van der Waals surface area contributed by atoms with Crippen LogP contribution >= 0.6 is 27.3 Å². The average molecular weight is 259 g/mol. The number of rotatable bonds is 2. The molecular weight excluding hydrogens is 248 g/mol. The number of aryl methyl sites for hydroxylation is 1.